The molecule has 8 rings (SSSR count). The summed E-state index contributed by atoms with van der Waals surface area (Å²) in [7, 11) is 1.71. The lowest BCUT2D eigenvalue weighted by molar-refractivity contribution is -0.127. The number of carbonyl (C=O) groups is 2. The summed E-state index contributed by atoms with van der Waals surface area (Å²) in [6.07, 6.45) is 8.76. The van der Waals surface area contributed by atoms with E-state index in [-0.39, 0.29) is 22.9 Å². The second-order valence-corrected chi connectivity index (χ2v) is 13.9. The minimum Gasteiger partial charge on any atom is -0.497 e. The van der Waals surface area contributed by atoms with Gasteiger partial charge in [0, 0.05) is 20.7 Å². The van der Waals surface area contributed by atoms with Crippen molar-refractivity contribution in [2.75, 3.05) is 7.11 Å². The number of thiophene rings is 1. The number of ether oxygens (including phenoxy) is 1. The smallest absolute Gasteiger partial charge is 0.156 e. The van der Waals surface area contributed by atoms with E-state index >= 15 is 0 Å². The van der Waals surface area contributed by atoms with Crippen LogP contribution in [0.2, 0.25) is 0 Å². The Hall–Kier alpha value is -2.20. The summed E-state index contributed by atoms with van der Waals surface area (Å²) in [6.45, 7) is 3.52. The van der Waals surface area contributed by atoms with Gasteiger partial charge < -0.3 is 4.74 Å². The third-order valence-corrected chi connectivity index (χ3v) is 12.9. The molecule has 186 valence electrons. The fourth-order valence-corrected chi connectivity index (χ4v) is 11.9. The van der Waals surface area contributed by atoms with E-state index in [0.717, 1.165) is 36.0 Å². The lowest BCUT2D eigenvalue weighted by Gasteiger charge is -2.54. The van der Waals surface area contributed by atoms with Crippen molar-refractivity contribution >= 4 is 28.5 Å². The molecule has 1 aromatic carbocycles. The zero-order valence-electron chi connectivity index (χ0n) is 21.4. The molecule has 1 aromatic heterocycles. The van der Waals surface area contributed by atoms with Crippen LogP contribution in [0, 0.1) is 40.9 Å². The number of fused-ring (bicyclic) bond motifs is 6. The minimum atomic E-state index is -0.260. The Morgan fingerprint density at radius 3 is 2.14 bits per heavy atom. The van der Waals surface area contributed by atoms with Crippen LogP contribution in [0.5, 0.6) is 5.75 Å². The van der Waals surface area contributed by atoms with Gasteiger partial charge in [0.25, 0.3) is 0 Å². The number of ketones is 2. The summed E-state index contributed by atoms with van der Waals surface area (Å²) in [5.74, 6) is 4.16. The van der Waals surface area contributed by atoms with Gasteiger partial charge in [0.15, 0.2) is 5.78 Å². The maximum absolute atomic E-state index is 13.8. The molecular formula is C32H34O3S. The van der Waals surface area contributed by atoms with Crippen LogP contribution in [0.4, 0.5) is 0 Å². The maximum atomic E-state index is 13.8. The maximum Gasteiger partial charge on any atom is 0.156 e. The Bertz CT molecular complexity index is 1330. The first-order valence-electron chi connectivity index (χ1n) is 13.9. The Balaban J connectivity index is 1.41. The Kier molecular flexibility index (Phi) is 4.25. The summed E-state index contributed by atoms with van der Waals surface area (Å²) in [6, 6.07) is 10.8. The molecule has 36 heavy (non-hydrogen) atoms. The highest BCUT2D eigenvalue weighted by Crippen LogP contribution is 2.82. The number of hydrogen-bond acceptors (Lipinski definition) is 4. The first-order valence-corrected chi connectivity index (χ1v) is 14.7. The topological polar surface area (TPSA) is 43.4 Å². The fourth-order valence-electron chi connectivity index (χ4n) is 10.3. The van der Waals surface area contributed by atoms with E-state index in [1.807, 2.05) is 23.5 Å². The van der Waals surface area contributed by atoms with Gasteiger partial charge in [-0.1, -0.05) is 0 Å². The lowest BCUT2D eigenvalue weighted by atomic mass is 9.48. The van der Waals surface area contributed by atoms with Gasteiger partial charge in [0.05, 0.1) is 13.0 Å². The monoisotopic (exact) mass is 498 g/mol. The van der Waals surface area contributed by atoms with Crippen LogP contribution in [-0.4, -0.2) is 18.7 Å². The highest BCUT2D eigenvalue weighted by molar-refractivity contribution is 7.16. The number of benzene rings is 1. The molecule has 0 saturated heterocycles. The highest BCUT2D eigenvalue weighted by Gasteiger charge is 2.76. The van der Waals surface area contributed by atoms with Crippen molar-refractivity contribution in [1.82, 2.24) is 0 Å². The van der Waals surface area contributed by atoms with Crippen molar-refractivity contribution in [3.63, 3.8) is 0 Å². The third kappa shape index (κ3) is 2.46. The first kappa shape index (κ1) is 21.8. The second kappa shape index (κ2) is 7.01. The Labute approximate surface area is 217 Å². The zero-order valence-corrected chi connectivity index (χ0v) is 22.3. The Morgan fingerprint density at radius 1 is 0.944 bits per heavy atom. The van der Waals surface area contributed by atoms with E-state index in [4.69, 9.17) is 4.74 Å². The van der Waals surface area contributed by atoms with Gasteiger partial charge in [-0.05, 0) is 141 Å². The average molecular weight is 499 g/mol. The molecule has 5 saturated carbocycles. The van der Waals surface area contributed by atoms with E-state index in [0.29, 0.717) is 23.2 Å². The predicted molar refractivity (Wildman–Crippen MR) is 142 cm³/mol. The van der Waals surface area contributed by atoms with Crippen LogP contribution in [0.25, 0.3) is 16.0 Å². The van der Waals surface area contributed by atoms with Crippen LogP contribution in [0.3, 0.4) is 0 Å². The van der Waals surface area contributed by atoms with Crippen LogP contribution < -0.4 is 4.74 Å². The number of rotatable bonds is 5. The molecule has 0 aliphatic heterocycles. The van der Waals surface area contributed by atoms with E-state index in [9.17, 15) is 9.59 Å². The molecule has 0 radical (unpaired) electrons. The molecule has 2 spiro atoms. The molecule has 6 aliphatic rings. The molecule has 0 amide bonds. The van der Waals surface area contributed by atoms with E-state index in [1.54, 1.807) is 21.0 Å². The van der Waals surface area contributed by atoms with Crippen molar-refractivity contribution < 1.29 is 14.3 Å². The minimum absolute atomic E-state index is 0.136. The number of Topliss-reactive ketones (excluding diaryl/α,β-unsaturated/α-hetero) is 2. The number of methoxy groups -OCH3 is 1. The molecular weight excluding hydrogens is 464 g/mol. The summed E-state index contributed by atoms with van der Waals surface area (Å²) >= 11 is 1.94. The van der Waals surface area contributed by atoms with Gasteiger partial charge in [-0.3, -0.25) is 9.59 Å². The van der Waals surface area contributed by atoms with Gasteiger partial charge in [0.1, 0.15) is 11.5 Å². The zero-order chi connectivity index (χ0) is 24.6. The van der Waals surface area contributed by atoms with Gasteiger partial charge in [-0.15, -0.1) is 11.3 Å². The molecule has 3 bridgehead atoms. The summed E-state index contributed by atoms with van der Waals surface area (Å²) < 4.78 is 5.42. The highest BCUT2D eigenvalue weighted by atomic mass is 32.1. The molecule has 3 nitrogen and oxygen atoms in total. The van der Waals surface area contributed by atoms with Gasteiger partial charge in [-0.2, -0.15) is 0 Å². The van der Waals surface area contributed by atoms with Crippen LogP contribution in [-0.2, 0) is 15.0 Å². The quantitative estimate of drug-likeness (QED) is 0.442. The van der Waals surface area contributed by atoms with Crippen LogP contribution in [0.1, 0.15) is 69.2 Å². The summed E-state index contributed by atoms with van der Waals surface area (Å²) in [5, 5.41) is 0. The average Bonchev–Trinajstić information content (AvgIpc) is 3.48. The van der Waals surface area contributed by atoms with Crippen molar-refractivity contribution in [1.29, 1.82) is 0 Å². The number of hydrogen-bond donors (Lipinski definition) is 0. The number of allylic oxidation sites excluding steroid dienone is 2. The van der Waals surface area contributed by atoms with Crippen LogP contribution >= 0.6 is 11.3 Å². The largest absolute Gasteiger partial charge is 0.497 e. The number of carbonyl (C=O) groups excluding carboxylic acids is 2. The van der Waals surface area contributed by atoms with Crippen molar-refractivity contribution in [3.05, 3.63) is 46.3 Å². The molecule has 0 N–H and O–H groups in total. The molecule has 5 atom stereocenters. The second-order valence-electron chi connectivity index (χ2n) is 12.9. The van der Waals surface area contributed by atoms with Crippen molar-refractivity contribution in [2.24, 2.45) is 40.9 Å². The normalized spacial score (nSPS) is 39.2. The van der Waals surface area contributed by atoms with Crippen molar-refractivity contribution in [3.8, 4) is 16.2 Å². The molecule has 2 aromatic rings. The molecule has 5 unspecified atom stereocenters. The molecule has 1 heterocycles. The van der Waals surface area contributed by atoms with Crippen LogP contribution in [0.15, 0.2) is 35.9 Å². The SMILES string of the molecule is COc1ccc(-c2cc3c(s2)C2(C4CC5CC6CC2CC56C4)C(C(C)=O)C(C(C)=O)=C3C2CC2)cc1. The standard InChI is InChI=1S/C32H34O3S/c1-16(33)27-28(19-4-5-19)25-13-26(18-6-8-24(35-3)9-7-18)36-30(25)32(29(27)17(2)34)22-11-20-10-21-12-23(32)15-31(20,21)14-22/h6-9,13,19-23,29H,4-5,10-12,14-15H2,1-3H3. The van der Waals surface area contributed by atoms with Crippen molar-refractivity contribution in [2.45, 2.75) is 64.2 Å². The van der Waals surface area contributed by atoms with E-state index in [1.165, 1.54) is 58.6 Å². The third-order valence-electron chi connectivity index (χ3n) is 11.6. The molecule has 4 heteroatoms. The van der Waals surface area contributed by atoms with E-state index < -0.39 is 0 Å². The fraction of sp³-hybridized carbons (Fsp3) is 0.562. The summed E-state index contributed by atoms with van der Waals surface area (Å²) in [4.78, 5) is 30.0. The molecule has 5 fully saturated rings. The van der Waals surface area contributed by atoms with Gasteiger partial charge >= 0.3 is 0 Å². The van der Waals surface area contributed by atoms with Gasteiger partial charge in [0.2, 0.25) is 0 Å². The van der Waals surface area contributed by atoms with Gasteiger partial charge in [-0.25, -0.2) is 0 Å². The predicted octanol–water partition coefficient (Wildman–Crippen LogP) is 7.09. The van der Waals surface area contributed by atoms with E-state index in [2.05, 4.69) is 18.2 Å². The first-order chi connectivity index (χ1) is 17.4. The lowest BCUT2D eigenvalue weighted by Crippen LogP contribution is -2.54. The Morgan fingerprint density at radius 2 is 1.58 bits per heavy atom. The summed E-state index contributed by atoms with van der Waals surface area (Å²) in [5.41, 5.74) is 5.04. The molecule has 6 aliphatic carbocycles.